The van der Waals surface area contributed by atoms with Crippen LogP contribution in [0.4, 0.5) is 0 Å². The highest BCUT2D eigenvalue weighted by Gasteiger charge is 2.59. The number of guanidine groups is 1. The van der Waals surface area contributed by atoms with Gasteiger partial charge in [0.25, 0.3) is 0 Å². The van der Waals surface area contributed by atoms with Crippen molar-refractivity contribution in [1.29, 1.82) is 0 Å². The third-order valence-corrected chi connectivity index (χ3v) is 5.18. The molecular formula is C17H34IN3O2. The van der Waals surface area contributed by atoms with Crippen molar-refractivity contribution in [3.05, 3.63) is 0 Å². The zero-order valence-electron chi connectivity index (χ0n) is 14.9. The highest BCUT2D eigenvalue weighted by molar-refractivity contribution is 14.0. The molecule has 0 heterocycles. The lowest BCUT2D eigenvalue weighted by molar-refractivity contribution is -0.168. The molecule has 2 aliphatic rings. The van der Waals surface area contributed by atoms with Gasteiger partial charge in [0.15, 0.2) is 5.96 Å². The fourth-order valence-corrected chi connectivity index (χ4v) is 3.68. The maximum absolute atomic E-state index is 5.90. The summed E-state index contributed by atoms with van der Waals surface area (Å²) >= 11 is 0. The topological polar surface area (TPSA) is 54.9 Å². The number of hydrogen-bond acceptors (Lipinski definition) is 3. The van der Waals surface area contributed by atoms with Crippen molar-refractivity contribution in [2.45, 2.75) is 64.5 Å². The smallest absolute Gasteiger partial charge is 0.191 e. The van der Waals surface area contributed by atoms with E-state index >= 15 is 0 Å². The lowest BCUT2D eigenvalue weighted by Gasteiger charge is -2.61. The number of nitrogens with zero attached hydrogens (tertiary/aromatic N) is 1. The second-order valence-electron chi connectivity index (χ2n) is 6.37. The van der Waals surface area contributed by atoms with E-state index in [1.807, 2.05) is 14.0 Å². The van der Waals surface area contributed by atoms with Crippen LogP contribution in [0.15, 0.2) is 4.99 Å². The predicted molar refractivity (Wildman–Crippen MR) is 106 cm³/mol. The first-order chi connectivity index (χ1) is 10.8. The van der Waals surface area contributed by atoms with Crippen LogP contribution in [0.25, 0.3) is 0 Å². The Bertz CT molecular complexity index is 362. The first kappa shape index (κ1) is 21.0. The molecule has 5 nitrogen and oxygen atoms in total. The van der Waals surface area contributed by atoms with E-state index in [1.165, 1.54) is 19.3 Å². The zero-order valence-corrected chi connectivity index (χ0v) is 17.2. The number of unbranched alkanes of at least 4 members (excludes halogenated alkanes) is 1. The van der Waals surface area contributed by atoms with Gasteiger partial charge in [0.05, 0.1) is 6.10 Å². The Morgan fingerprint density at radius 3 is 2.57 bits per heavy atom. The minimum absolute atomic E-state index is 0. The van der Waals surface area contributed by atoms with Crippen molar-refractivity contribution >= 4 is 29.9 Å². The summed E-state index contributed by atoms with van der Waals surface area (Å²) in [6.07, 6.45) is 7.69. The average Bonchev–Trinajstić information content (AvgIpc) is 2.45. The van der Waals surface area contributed by atoms with Gasteiger partial charge in [-0.1, -0.05) is 6.42 Å². The van der Waals surface area contributed by atoms with Gasteiger partial charge in [0, 0.05) is 44.9 Å². The van der Waals surface area contributed by atoms with Gasteiger partial charge in [0.2, 0.25) is 0 Å². The Hall–Kier alpha value is -0.0800. The third kappa shape index (κ3) is 5.19. The Balaban J connectivity index is 0.00000264. The highest BCUT2D eigenvalue weighted by Crippen LogP contribution is 2.57. The van der Waals surface area contributed by atoms with Crippen LogP contribution in [-0.2, 0) is 9.47 Å². The number of ether oxygens (including phenoxy) is 2. The quantitative estimate of drug-likeness (QED) is 0.251. The fourth-order valence-electron chi connectivity index (χ4n) is 3.68. The molecule has 0 saturated heterocycles. The van der Waals surface area contributed by atoms with E-state index in [1.54, 1.807) is 0 Å². The molecule has 6 heteroatoms. The van der Waals surface area contributed by atoms with E-state index in [-0.39, 0.29) is 24.0 Å². The zero-order chi connectivity index (χ0) is 15.8. The van der Waals surface area contributed by atoms with Crippen molar-refractivity contribution in [2.24, 2.45) is 10.4 Å². The van der Waals surface area contributed by atoms with E-state index in [9.17, 15) is 0 Å². The molecule has 2 aliphatic carbocycles. The SMILES string of the molecule is CCOCCCCNC(=NC)NC1CC(OCC)C12CCC2.I. The second-order valence-corrected chi connectivity index (χ2v) is 6.37. The van der Waals surface area contributed by atoms with Gasteiger partial charge < -0.3 is 20.1 Å². The largest absolute Gasteiger partial charge is 0.382 e. The standard InChI is InChI=1S/C17H33N3O2.HI/c1-4-21-12-7-6-11-19-16(18-3)20-14-13-15(22-5-2)17(14)9-8-10-17;/h14-15H,4-13H2,1-3H3,(H2,18,19,20);1H. The Morgan fingerprint density at radius 1 is 1.22 bits per heavy atom. The van der Waals surface area contributed by atoms with E-state index < -0.39 is 0 Å². The van der Waals surface area contributed by atoms with Crippen molar-refractivity contribution in [3.63, 3.8) is 0 Å². The van der Waals surface area contributed by atoms with Crippen molar-refractivity contribution < 1.29 is 9.47 Å². The molecule has 2 atom stereocenters. The van der Waals surface area contributed by atoms with Crippen molar-refractivity contribution in [2.75, 3.05) is 33.4 Å². The molecule has 2 unspecified atom stereocenters. The van der Waals surface area contributed by atoms with Gasteiger partial charge in [-0.05, 0) is 46.0 Å². The molecule has 0 aromatic carbocycles. The molecule has 136 valence electrons. The van der Waals surface area contributed by atoms with Crippen LogP contribution in [0, 0.1) is 5.41 Å². The monoisotopic (exact) mass is 439 g/mol. The van der Waals surface area contributed by atoms with Gasteiger partial charge in [-0.25, -0.2) is 0 Å². The van der Waals surface area contributed by atoms with Crippen LogP contribution in [0.5, 0.6) is 0 Å². The van der Waals surface area contributed by atoms with E-state index in [0.717, 1.165) is 51.6 Å². The van der Waals surface area contributed by atoms with E-state index in [4.69, 9.17) is 9.47 Å². The molecule has 0 bridgehead atoms. The summed E-state index contributed by atoms with van der Waals surface area (Å²) in [5.41, 5.74) is 0.378. The molecule has 0 radical (unpaired) electrons. The van der Waals surface area contributed by atoms with E-state index in [2.05, 4.69) is 22.5 Å². The Kier molecular flexibility index (Phi) is 9.77. The van der Waals surface area contributed by atoms with E-state index in [0.29, 0.717) is 17.6 Å². The summed E-state index contributed by atoms with van der Waals surface area (Å²) in [6.45, 7) is 7.56. The van der Waals surface area contributed by atoms with Crippen molar-refractivity contribution in [3.8, 4) is 0 Å². The summed E-state index contributed by atoms with van der Waals surface area (Å²) in [5.74, 6) is 0.933. The maximum atomic E-state index is 5.90. The number of halogens is 1. The van der Waals surface area contributed by atoms with Gasteiger partial charge in [-0.3, -0.25) is 4.99 Å². The lowest BCUT2D eigenvalue weighted by atomic mass is 9.51. The van der Waals surface area contributed by atoms with Gasteiger partial charge in [-0.2, -0.15) is 0 Å². The molecule has 0 aliphatic heterocycles. The predicted octanol–water partition coefficient (Wildman–Crippen LogP) is 2.93. The third-order valence-electron chi connectivity index (χ3n) is 5.18. The molecule has 2 fully saturated rings. The second kappa shape index (κ2) is 10.7. The first-order valence-corrected chi connectivity index (χ1v) is 8.93. The highest BCUT2D eigenvalue weighted by atomic mass is 127. The van der Waals surface area contributed by atoms with Crippen molar-refractivity contribution in [1.82, 2.24) is 10.6 Å². The molecule has 2 saturated carbocycles. The maximum Gasteiger partial charge on any atom is 0.191 e. The van der Waals surface area contributed by atoms with Gasteiger partial charge >= 0.3 is 0 Å². The summed E-state index contributed by atoms with van der Waals surface area (Å²) in [5, 5.41) is 7.03. The molecule has 1 spiro atoms. The molecule has 0 amide bonds. The molecule has 2 rings (SSSR count). The van der Waals surface area contributed by atoms with Crippen LogP contribution in [0.2, 0.25) is 0 Å². The summed E-state index contributed by atoms with van der Waals surface area (Å²) in [6, 6.07) is 0.521. The molecule has 23 heavy (non-hydrogen) atoms. The van der Waals surface area contributed by atoms with Crippen LogP contribution in [0.1, 0.15) is 52.4 Å². The molecule has 0 aromatic rings. The number of nitrogens with one attached hydrogen (secondary N) is 2. The fraction of sp³-hybridized carbons (Fsp3) is 0.941. The number of hydrogen-bond donors (Lipinski definition) is 2. The average molecular weight is 439 g/mol. The van der Waals surface area contributed by atoms with Crippen LogP contribution >= 0.6 is 24.0 Å². The van der Waals surface area contributed by atoms with Crippen LogP contribution in [-0.4, -0.2) is 51.5 Å². The first-order valence-electron chi connectivity index (χ1n) is 8.93. The molecule has 0 aromatic heterocycles. The summed E-state index contributed by atoms with van der Waals surface area (Å²) < 4.78 is 11.3. The van der Waals surface area contributed by atoms with Gasteiger partial charge in [-0.15, -0.1) is 24.0 Å². The Morgan fingerprint density at radius 2 is 2.00 bits per heavy atom. The molecule has 2 N–H and O–H groups in total. The minimum Gasteiger partial charge on any atom is -0.382 e. The normalized spacial score (nSPS) is 25.3. The summed E-state index contributed by atoms with van der Waals surface area (Å²) in [4.78, 5) is 4.36. The summed E-state index contributed by atoms with van der Waals surface area (Å²) in [7, 11) is 1.85. The molecular weight excluding hydrogens is 405 g/mol. The number of aliphatic imine (C=N–C) groups is 1. The lowest BCUT2D eigenvalue weighted by Crippen LogP contribution is -2.68. The van der Waals surface area contributed by atoms with Gasteiger partial charge in [0.1, 0.15) is 0 Å². The van der Waals surface area contributed by atoms with Crippen LogP contribution < -0.4 is 10.6 Å². The Labute approximate surface area is 158 Å². The van der Waals surface area contributed by atoms with Crippen LogP contribution in [0.3, 0.4) is 0 Å². The number of rotatable bonds is 9. The minimum atomic E-state index is 0.